The number of carbonyl (C=O) groups is 2. The molecule has 2 amide bonds. The van der Waals surface area contributed by atoms with Crippen LogP contribution in [0.4, 0.5) is 0 Å². The van der Waals surface area contributed by atoms with Gasteiger partial charge in [0.1, 0.15) is 6.54 Å². The summed E-state index contributed by atoms with van der Waals surface area (Å²) in [5.74, 6) is 0.251. The minimum atomic E-state index is -0.131. The highest BCUT2D eigenvalue weighted by atomic mass is 35.5. The summed E-state index contributed by atoms with van der Waals surface area (Å²) in [5, 5.41) is 9.45. The zero-order valence-electron chi connectivity index (χ0n) is 14.5. The molecule has 0 bridgehead atoms. The number of carbonyl (C=O) groups excluding carboxylic acids is 2. The fourth-order valence-electron chi connectivity index (χ4n) is 3.49. The first-order valence-corrected chi connectivity index (χ1v) is 9.34. The molecule has 1 aliphatic heterocycles. The molecule has 2 aliphatic rings. The number of rotatable bonds is 4. The van der Waals surface area contributed by atoms with Gasteiger partial charge in [-0.1, -0.05) is 43.5 Å². The number of hydrogen-bond donors (Lipinski definition) is 1. The predicted molar refractivity (Wildman–Crippen MR) is 98.5 cm³/mol. The van der Waals surface area contributed by atoms with Crippen molar-refractivity contribution in [3.05, 3.63) is 34.9 Å². The van der Waals surface area contributed by atoms with Crippen LogP contribution in [0.15, 0.2) is 29.4 Å². The summed E-state index contributed by atoms with van der Waals surface area (Å²) < 4.78 is 0. The molecule has 6 heteroatoms. The number of hydrogen-bond acceptors (Lipinski definition) is 3. The molecule has 3 rings (SSSR count). The second-order valence-corrected chi connectivity index (χ2v) is 7.38. The lowest BCUT2D eigenvalue weighted by atomic mass is 9.86. The van der Waals surface area contributed by atoms with E-state index in [2.05, 4.69) is 17.3 Å². The van der Waals surface area contributed by atoms with E-state index in [0.717, 1.165) is 30.5 Å². The number of benzene rings is 1. The minimum absolute atomic E-state index is 0.0147. The molecule has 1 N–H and O–H groups in total. The Balaban J connectivity index is 1.65. The smallest absolute Gasteiger partial charge is 0.243 e. The molecule has 2 atom stereocenters. The maximum absolute atomic E-state index is 12.4. The van der Waals surface area contributed by atoms with Gasteiger partial charge in [-0.05, 0) is 36.5 Å². The van der Waals surface area contributed by atoms with Crippen molar-refractivity contribution >= 4 is 29.1 Å². The van der Waals surface area contributed by atoms with Gasteiger partial charge in [0.05, 0.1) is 5.71 Å². The van der Waals surface area contributed by atoms with Crippen molar-refractivity contribution in [2.75, 3.05) is 6.54 Å². The van der Waals surface area contributed by atoms with Crippen LogP contribution >= 0.6 is 11.6 Å². The molecular formula is C19H24ClN3O2. The van der Waals surface area contributed by atoms with Crippen molar-refractivity contribution < 1.29 is 9.59 Å². The van der Waals surface area contributed by atoms with E-state index in [0.29, 0.717) is 23.8 Å². The SMILES string of the molecule is C[C@H]1CCCC[C@H]1NC(=O)CN1N=C(c2ccc(Cl)cc2)CCC1=O. The van der Waals surface area contributed by atoms with Crippen LogP contribution in [-0.4, -0.2) is 35.1 Å². The molecular weight excluding hydrogens is 338 g/mol. The Morgan fingerprint density at radius 2 is 1.96 bits per heavy atom. The fourth-order valence-corrected chi connectivity index (χ4v) is 3.62. The van der Waals surface area contributed by atoms with Crippen LogP contribution < -0.4 is 5.32 Å². The van der Waals surface area contributed by atoms with Crippen LogP contribution in [0, 0.1) is 5.92 Å². The highest BCUT2D eigenvalue weighted by Crippen LogP contribution is 2.24. The lowest BCUT2D eigenvalue weighted by Crippen LogP contribution is -2.46. The Labute approximate surface area is 153 Å². The number of hydrazone groups is 1. The Hall–Kier alpha value is -1.88. The maximum atomic E-state index is 12.4. The van der Waals surface area contributed by atoms with Crippen molar-refractivity contribution in [1.29, 1.82) is 0 Å². The summed E-state index contributed by atoms with van der Waals surface area (Å²) in [7, 11) is 0. The van der Waals surface area contributed by atoms with Crippen LogP contribution in [-0.2, 0) is 9.59 Å². The summed E-state index contributed by atoms with van der Waals surface area (Å²) in [6.45, 7) is 2.16. The number of halogens is 1. The molecule has 1 aromatic rings. The summed E-state index contributed by atoms with van der Waals surface area (Å²) >= 11 is 5.92. The van der Waals surface area contributed by atoms with Crippen molar-refractivity contribution in [2.24, 2.45) is 11.0 Å². The minimum Gasteiger partial charge on any atom is -0.351 e. The van der Waals surface area contributed by atoms with Gasteiger partial charge < -0.3 is 5.32 Å². The molecule has 1 aliphatic carbocycles. The summed E-state index contributed by atoms with van der Waals surface area (Å²) in [6, 6.07) is 7.59. The molecule has 1 fully saturated rings. The van der Waals surface area contributed by atoms with Gasteiger partial charge in [0, 0.05) is 23.9 Å². The van der Waals surface area contributed by atoms with E-state index in [1.54, 1.807) is 12.1 Å². The van der Waals surface area contributed by atoms with Crippen LogP contribution in [0.1, 0.15) is 51.0 Å². The Bertz CT molecular complexity index is 672. The third-order valence-electron chi connectivity index (χ3n) is 5.03. The number of nitrogens with one attached hydrogen (secondary N) is 1. The highest BCUT2D eigenvalue weighted by Gasteiger charge is 2.26. The second kappa shape index (κ2) is 8.00. The van der Waals surface area contributed by atoms with E-state index in [4.69, 9.17) is 11.6 Å². The lowest BCUT2D eigenvalue weighted by Gasteiger charge is -2.30. The van der Waals surface area contributed by atoms with Gasteiger partial charge in [-0.15, -0.1) is 0 Å². The van der Waals surface area contributed by atoms with Gasteiger partial charge in [-0.2, -0.15) is 5.10 Å². The first-order chi connectivity index (χ1) is 12.0. The van der Waals surface area contributed by atoms with Gasteiger partial charge in [-0.3, -0.25) is 9.59 Å². The topological polar surface area (TPSA) is 61.8 Å². The van der Waals surface area contributed by atoms with Crippen molar-refractivity contribution in [3.8, 4) is 0 Å². The molecule has 0 aromatic heterocycles. The van der Waals surface area contributed by atoms with E-state index in [-0.39, 0.29) is 24.4 Å². The summed E-state index contributed by atoms with van der Waals surface area (Å²) in [6.07, 6.45) is 5.49. The average Bonchev–Trinajstić information content (AvgIpc) is 2.60. The van der Waals surface area contributed by atoms with Gasteiger partial charge in [0.2, 0.25) is 11.8 Å². The van der Waals surface area contributed by atoms with Gasteiger partial charge >= 0.3 is 0 Å². The van der Waals surface area contributed by atoms with Crippen LogP contribution in [0.25, 0.3) is 0 Å². The van der Waals surface area contributed by atoms with Crippen molar-refractivity contribution in [1.82, 2.24) is 10.3 Å². The van der Waals surface area contributed by atoms with E-state index < -0.39 is 0 Å². The molecule has 1 aromatic carbocycles. The number of amides is 2. The van der Waals surface area contributed by atoms with Crippen LogP contribution in [0.5, 0.6) is 0 Å². The monoisotopic (exact) mass is 361 g/mol. The molecule has 134 valence electrons. The standard InChI is InChI=1S/C19H24ClN3O2/c1-13-4-2-3-5-16(13)21-18(24)12-23-19(25)11-10-17(22-23)14-6-8-15(20)9-7-14/h6-9,13,16H,2-5,10-12H2,1H3,(H,21,24)/t13-,16+/m0/s1. The van der Waals surface area contributed by atoms with E-state index in [9.17, 15) is 9.59 Å². The quantitative estimate of drug-likeness (QED) is 0.893. The summed E-state index contributed by atoms with van der Waals surface area (Å²) in [5.41, 5.74) is 1.75. The van der Waals surface area contributed by atoms with E-state index in [1.165, 1.54) is 11.4 Å². The van der Waals surface area contributed by atoms with E-state index >= 15 is 0 Å². The Morgan fingerprint density at radius 3 is 2.68 bits per heavy atom. The molecule has 0 radical (unpaired) electrons. The molecule has 1 heterocycles. The zero-order valence-corrected chi connectivity index (χ0v) is 15.3. The predicted octanol–water partition coefficient (Wildman–Crippen LogP) is 3.36. The van der Waals surface area contributed by atoms with E-state index in [1.807, 2.05) is 12.1 Å². The van der Waals surface area contributed by atoms with Crippen molar-refractivity contribution in [3.63, 3.8) is 0 Å². The highest BCUT2D eigenvalue weighted by molar-refractivity contribution is 6.30. The average molecular weight is 362 g/mol. The Kier molecular flexibility index (Phi) is 5.74. The van der Waals surface area contributed by atoms with Gasteiger partial charge in [0.25, 0.3) is 0 Å². The first kappa shape index (κ1) is 17.9. The molecule has 1 saturated carbocycles. The summed E-state index contributed by atoms with van der Waals surface area (Å²) in [4.78, 5) is 24.5. The van der Waals surface area contributed by atoms with Crippen molar-refractivity contribution in [2.45, 2.75) is 51.5 Å². The third kappa shape index (κ3) is 4.60. The zero-order chi connectivity index (χ0) is 17.8. The maximum Gasteiger partial charge on any atom is 0.243 e. The normalized spacial score (nSPS) is 24.0. The fraction of sp³-hybridized carbons (Fsp3) is 0.526. The molecule has 25 heavy (non-hydrogen) atoms. The molecule has 0 unspecified atom stereocenters. The second-order valence-electron chi connectivity index (χ2n) is 6.94. The third-order valence-corrected chi connectivity index (χ3v) is 5.29. The van der Waals surface area contributed by atoms with Gasteiger partial charge in [-0.25, -0.2) is 5.01 Å². The molecule has 0 saturated heterocycles. The Morgan fingerprint density at radius 1 is 1.24 bits per heavy atom. The lowest BCUT2D eigenvalue weighted by molar-refractivity contribution is -0.136. The molecule has 5 nitrogen and oxygen atoms in total. The number of nitrogens with zero attached hydrogens (tertiary/aromatic N) is 2. The van der Waals surface area contributed by atoms with Crippen LogP contribution in [0.3, 0.4) is 0 Å². The largest absolute Gasteiger partial charge is 0.351 e. The van der Waals surface area contributed by atoms with Crippen LogP contribution in [0.2, 0.25) is 5.02 Å². The molecule has 0 spiro atoms. The van der Waals surface area contributed by atoms with Gasteiger partial charge in [0.15, 0.2) is 0 Å². The first-order valence-electron chi connectivity index (χ1n) is 8.96.